The van der Waals surface area contributed by atoms with Crippen LogP contribution in [-0.2, 0) is 52.3 Å². The summed E-state index contributed by atoms with van der Waals surface area (Å²) in [5, 5.41) is 145. The maximum Gasteiger partial charge on any atom is 0.364 e. The second-order valence-electron chi connectivity index (χ2n) is 20.4. The number of amides is 2. The van der Waals surface area contributed by atoms with E-state index in [4.69, 9.17) is 37.9 Å². The fourth-order valence-corrected chi connectivity index (χ4v) is 9.92. The Morgan fingerprint density at radius 3 is 1.87 bits per heavy atom. The average molecular weight is 1100 g/mol. The van der Waals surface area contributed by atoms with Crippen molar-refractivity contribution in [2.24, 2.45) is 0 Å². The minimum atomic E-state index is -3.08. The van der Waals surface area contributed by atoms with Crippen molar-refractivity contribution >= 4 is 17.8 Å². The lowest BCUT2D eigenvalue weighted by atomic mass is 9.87. The van der Waals surface area contributed by atoms with Gasteiger partial charge in [-0.05, 0) is 19.3 Å². The zero-order valence-electron chi connectivity index (χ0n) is 43.9. The summed E-state index contributed by atoms with van der Waals surface area (Å²) >= 11 is 0. The number of unbranched alkanes of at least 4 members (excludes halogenated alkanes) is 11. The van der Waals surface area contributed by atoms with Crippen molar-refractivity contribution in [1.82, 2.24) is 10.6 Å². The monoisotopic (exact) mass is 1100 g/mol. The molecule has 15 N–H and O–H groups in total. The van der Waals surface area contributed by atoms with Crippen LogP contribution in [0.25, 0.3) is 0 Å². The van der Waals surface area contributed by atoms with E-state index in [0.717, 1.165) is 33.1 Å². The molecule has 0 unspecified atom stereocenters. The predicted molar refractivity (Wildman–Crippen MR) is 262 cm³/mol. The van der Waals surface area contributed by atoms with Crippen molar-refractivity contribution in [1.29, 1.82) is 0 Å². The van der Waals surface area contributed by atoms with Gasteiger partial charge in [-0.15, -0.1) is 0 Å². The molecule has 0 bridgehead atoms. The summed E-state index contributed by atoms with van der Waals surface area (Å²) in [6, 6.07) is -3.18. The third-order valence-corrected chi connectivity index (χ3v) is 14.2. The summed E-state index contributed by atoms with van der Waals surface area (Å²) in [7, 11) is 0. The SMILES string of the molecule is CCCCCCCCCCCCC/C=C/[C@@H](O)CCO[C@@H]1OC[C@@H](O[C@@H]2OCC[C@H](O[C@]3(CO)C[C@H](O)[C@@H](NC(C)=O)[C@H]([C@H](O)[C@@H](CO)O[C@]4(C(=O)O)C[C@H](O)[C@@H](NC(C)=O)[C@H]([C@H](O)[C@H](O)CO)O4)O3)[C@H]2O)[C@H](O)[C@H]1O. The molecule has 4 heterocycles. The van der Waals surface area contributed by atoms with Gasteiger partial charge in [-0.2, -0.15) is 0 Å². The van der Waals surface area contributed by atoms with E-state index in [2.05, 4.69) is 17.6 Å². The van der Waals surface area contributed by atoms with Crippen molar-refractivity contribution < 1.29 is 119 Å². The smallest absolute Gasteiger partial charge is 0.364 e. The molecule has 0 radical (unpaired) electrons. The first kappa shape index (κ1) is 65.9. The number of nitrogens with one attached hydrogen (secondary N) is 2. The second-order valence-corrected chi connectivity index (χ2v) is 20.4. The first-order chi connectivity index (χ1) is 36.2. The van der Waals surface area contributed by atoms with Crippen molar-refractivity contribution in [3.05, 3.63) is 12.2 Å². The molecular weight excluding hydrogens is 1010 g/mol. The summed E-state index contributed by atoms with van der Waals surface area (Å²) in [5.41, 5.74) is 0. The predicted octanol–water partition coefficient (Wildman–Crippen LogP) is -2.80. The first-order valence-corrected chi connectivity index (χ1v) is 26.8. The molecule has 442 valence electrons. The molecule has 20 atom stereocenters. The van der Waals surface area contributed by atoms with Crippen molar-refractivity contribution in [3.63, 3.8) is 0 Å². The van der Waals surface area contributed by atoms with E-state index in [0.29, 0.717) is 0 Å². The van der Waals surface area contributed by atoms with Gasteiger partial charge in [0.1, 0.15) is 61.0 Å². The fourth-order valence-electron chi connectivity index (χ4n) is 9.92. The molecule has 4 rings (SSSR count). The van der Waals surface area contributed by atoms with Crippen LogP contribution in [0.15, 0.2) is 12.2 Å². The molecule has 26 heteroatoms. The van der Waals surface area contributed by atoms with Crippen LogP contribution in [0.2, 0.25) is 0 Å². The van der Waals surface area contributed by atoms with Gasteiger partial charge in [-0.25, -0.2) is 4.79 Å². The molecule has 2 amide bonds. The highest BCUT2D eigenvalue weighted by Crippen LogP contribution is 2.39. The molecule has 0 aromatic heterocycles. The molecule has 4 aliphatic rings. The Bertz CT molecular complexity index is 1740. The maximum absolute atomic E-state index is 12.9. The van der Waals surface area contributed by atoms with Crippen molar-refractivity contribution in [2.75, 3.05) is 39.6 Å². The topological polar surface area (TPSA) is 412 Å². The van der Waals surface area contributed by atoms with Crippen LogP contribution in [0, 0.1) is 0 Å². The molecule has 4 aliphatic heterocycles. The van der Waals surface area contributed by atoms with Crippen LogP contribution < -0.4 is 10.6 Å². The summed E-state index contributed by atoms with van der Waals surface area (Å²) in [4.78, 5) is 37.4. The molecule has 76 heavy (non-hydrogen) atoms. The third kappa shape index (κ3) is 19.0. The van der Waals surface area contributed by atoms with Crippen LogP contribution in [0.3, 0.4) is 0 Å². The lowest BCUT2D eigenvalue weighted by Gasteiger charge is -2.51. The third-order valence-electron chi connectivity index (χ3n) is 14.2. The van der Waals surface area contributed by atoms with E-state index in [1.807, 2.05) is 6.08 Å². The molecule has 26 nitrogen and oxygen atoms in total. The van der Waals surface area contributed by atoms with E-state index in [1.165, 1.54) is 57.8 Å². The van der Waals surface area contributed by atoms with Gasteiger partial charge in [0.15, 0.2) is 18.4 Å². The zero-order valence-corrected chi connectivity index (χ0v) is 43.9. The molecule has 4 saturated heterocycles. The van der Waals surface area contributed by atoms with Gasteiger partial charge in [0.25, 0.3) is 5.79 Å². The van der Waals surface area contributed by atoms with Crippen molar-refractivity contribution in [3.8, 4) is 0 Å². The van der Waals surface area contributed by atoms with Crippen LogP contribution in [0.4, 0.5) is 0 Å². The Morgan fingerprint density at radius 2 is 1.30 bits per heavy atom. The number of ether oxygens (including phenoxy) is 8. The standard InChI is InChI=1S/C50H88N2O24/c1-4-5-6-7-8-9-10-11-12-13-14-15-16-17-30(58)18-20-69-46-43(66)40(63)36(26-71-46)72-47-42(65)34(19-21-70-47)73-49(27-55)22-31(59)37(51-28(2)56)45(75-49)41(64)35(25-54)74-50(48(67)68)23-32(60)38(52-29(3)57)44(76-50)39(62)33(61)24-53/h16-17,30-47,53-55,58-66H,4-15,18-27H2,1-3H3,(H,51,56)(H,52,57)(H,67,68)/b17-16+/t30-,31+,32+,33-,34+,35-,36-,37-,38-,39-,40+,41-,42-,43-,44-,45-,46-,47+,49-,50-/m1/s1. The van der Waals surface area contributed by atoms with E-state index < -0.39 is 172 Å². The van der Waals surface area contributed by atoms with Gasteiger partial charge in [0.2, 0.25) is 11.8 Å². The van der Waals surface area contributed by atoms with Gasteiger partial charge in [0, 0.05) is 33.1 Å². The molecule has 0 aromatic rings. The lowest BCUT2D eigenvalue weighted by molar-refractivity contribution is -0.376. The number of aliphatic hydroxyl groups excluding tert-OH is 12. The highest BCUT2D eigenvalue weighted by Gasteiger charge is 2.59. The number of hydrogen-bond acceptors (Lipinski definition) is 23. The number of rotatable bonds is 33. The Labute approximate surface area is 443 Å². The normalized spacial score (nSPS) is 35.3. The quantitative estimate of drug-likeness (QED) is 0.0233. The second kappa shape index (κ2) is 32.6. The van der Waals surface area contributed by atoms with E-state index in [9.17, 15) is 80.8 Å². The molecule has 0 saturated carbocycles. The summed E-state index contributed by atoms with van der Waals surface area (Å²) in [6.07, 6.45) is -10.9. The Kier molecular flexibility index (Phi) is 28.2. The number of aliphatic carboxylic acids is 1. The first-order valence-electron chi connectivity index (χ1n) is 26.8. The number of hydrogen-bond donors (Lipinski definition) is 15. The molecular formula is C50H88N2O24. The molecule has 0 aromatic carbocycles. The number of carboxylic acids is 1. The van der Waals surface area contributed by atoms with Gasteiger partial charge < -0.3 is 115 Å². The van der Waals surface area contributed by atoms with Gasteiger partial charge in [-0.1, -0.05) is 83.3 Å². The Hall–Kier alpha value is -2.65. The number of allylic oxidation sites excluding steroid dienone is 1. The van der Waals surface area contributed by atoms with Crippen LogP contribution in [0.5, 0.6) is 0 Å². The summed E-state index contributed by atoms with van der Waals surface area (Å²) < 4.78 is 46.4. The summed E-state index contributed by atoms with van der Waals surface area (Å²) in [5.74, 6) is -8.96. The van der Waals surface area contributed by atoms with Gasteiger partial charge >= 0.3 is 5.97 Å². The van der Waals surface area contributed by atoms with Crippen LogP contribution >= 0.6 is 0 Å². The Balaban J connectivity index is 1.35. The van der Waals surface area contributed by atoms with Crippen molar-refractivity contribution in [2.45, 2.75) is 245 Å². The number of carbonyl (C=O) groups is 3. The molecule has 0 aliphatic carbocycles. The molecule has 0 spiro atoms. The highest BCUT2D eigenvalue weighted by atomic mass is 16.8. The van der Waals surface area contributed by atoms with E-state index >= 15 is 0 Å². The fraction of sp³-hybridized carbons (Fsp3) is 0.900. The average Bonchev–Trinajstić information content (AvgIpc) is 3.39. The minimum Gasteiger partial charge on any atom is -0.477 e. The highest BCUT2D eigenvalue weighted by molar-refractivity contribution is 5.76. The lowest BCUT2D eigenvalue weighted by Crippen LogP contribution is -2.70. The van der Waals surface area contributed by atoms with Gasteiger partial charge in [0.05, 0.1) is 76.1 Å². The number of aliphatic hydroxyl groups is 12. The van der Waals surface area contributed by atoms with Crippen LogP contribution in [-0.4, -0.2) is 246 Å². The Morgan fingerprint density at radius 1 is 0.711 bits per heavy atom. The number of carbonyl (C=O) groups excluding carboxylic acids is 2. The largest absolute Gasteiger partial charge is 0.477 e. The number of carboxylic acid groups (broad SMARTS) is 1. The van der Waals surface area contributed by atoms with Gasteiger partial charge in [-0.3, -0.25) is 9.59 Å². The van der Waals surface area contributed by atoms with Crippen LogP contribution in [0.1, 0.15) is 124 Å². The minimum absolute atomic E-state index is 0.0135. The van der Waals surface area contributed by atoms with E-state index in [-0.39, 0.29) is 32.7 Å². The van der Waals surface area contributed by atoms with E-state index in [1.54, 1.807) is 6.08 Å². The zero-order chi connectivity index (χ0) is 56.2. The molecule has 4 fully saturated rings. The maximum atomic E-state index is 12.9. The summed E-state index contributed by atoms with van der Waals surface area (Å²) in [6.45, 7) is 0.355.